The first-order valence-electron chi connectivity index (χ1n) is 7.77. The fraction of sp³-hybridized carbons (Fsp3) is 0.562. The van der Waals surface area contributed by atoms with Crippen LogP contribution in [0.25, 0.3) is 0 Å². The Kier molecular flexibility index (Phi) is 6.17. The van der Waals surface area contributed by atoms with Crippen molar-refractivity contribution in [1.82, 2.24) is 10.2 Å². The zero-order chi connectivity index (χ0) is 17.7. The van der Waals surface area contributed by atoms with Gasteiger partial charge in [0.25, 0.3) is 0 Å². The lowest BCUT2D eigenvalue weighted by Gasteiger charge is -2.30. The molecule has 0 spiro atoms. The number of alkyl halides is 3. The highest BCUT2D eigenvalue weighted by Gasteiger charge is 2.31. The summed E-state index contributed by atoms with van der Waals surface area (Å²) in [6.07, 6.45) is -3.37. The van der Waals surface area contributed by atoms with Crippen LogP contribution in [-0.4, -0.2) is 42.2 Å². The van der Waals surface area contributed by atoms with Gasteiger partial charge >= 0.3 is 6.18 Å². The summed E-state index contributed by atoms with van der Waals surface area (Å²) in [7, 11) is 0. The van der Waals surface area contributed by atoms with E-state index in [9.17, 15) is 22.4 Å². The molecule has 1 aliphatic rings. The first-order valence-corrected chi connectivity index (χ1v) is 7.77. The van der Waals surface area contributed by atoms with Gasteiger partial charge in [0.1, 0.15) is 5.82 Å². The van der Waals surface area contributed by atoms with Gasteiger partial charge in [-0.3, -0.25) is 4.79 Å². The average Bonchev–Trinajstić information content (AvgIpc) is 2.52. The van der Waals surface area contributed by atoms with E-state index < -0.39 is 17.6 Å². The normalized spacial score (nSPS) is 17.0. The SMILES string of the molecule is O=C(NCc1cc(F)cc(C(F)(F)F)c1)C1CCN(CCO)CC1. The van der Waals surface area contributed by atoms with Gasteiger partial charge in [0.05, 0.1) is 12.2 Å². The lowest BCUT2D eigenvalue weighted by atomic mass is 9.96. The van der Waals surface area contributed by atoms with Crippen LogP contribution in [0.15, 0.2) is 18.2 Å². The predicted molar refractivity (Wildman–Crippen MR) is 79.5 cm³/mol. The fourth-order valence-corrected chi connectivity index (χ4v) is 2.81. The lowest BCUT2D eigenvalue weighted by molar-refractivity contribution is -0.137. The Balaban J connectivity index is 1.89. The van der Waals surface area contributed by atoms with Crippen molar-refractivity contribution in [2.24, 2.45) is 5.92 Å². The molecule has 0 saturated carbocycles. The van der Waals surface area contributed by atoms with Crippen LogP contribution in [0.1, 0.15) is 24.0 Å². The highest BCUT2D eigenvalue weighted by atomic mass is 19.4. The smallest absolute Gasteiger partial charge is 0.395 e. The van der Waals surface area contributed by atoms with E-state index in [1.807, 2.05) is 4.90 Å². The molecule has 1 saturated heterocycles. The number of nitrogens with one attached hydrogen (secondary N) is 1. The van der Waals surface area contributed by atoms with Gasteiger partial charge in [-0.2, -0.15) is 13.2 Å². The number of β-amino-alcohol motifs (C(OH)–C–C–N with tert-alkyl or cyclic N) is 1. The Bertz CT molecular complexity index is 570. The molecule has 2 rings (SSSR count). The first-order chi connectivity index (χ1) is 11.3. The van der Waals surface area contributed by atoms with E-state index in [-0.39, 0.29) is 30.5 Å². The van der Waals surface area contributed by atoms with Crippen molar-refractivity contribution in [2.45, 2.75) is 25.6 Å². The minimum Gasteiger partial charge on any atom is -0.395 e. The van der Waals surface area contributed by atoms with E-state index >= 15 is 0 Å². The molecule has 1 amide bonds. The molecule has 0 aliphatic carbocycles. The van der Waals surface area contributed by atoms with Crippen LogP contribution in [0.4, 0.5) is 17.6 Å². The van der Waals surface area contributed by atoms with E-state index in [0.29, 0.717) is 38.5 Å². The van der Waals surface area contributed by atoms with Crippen molar-refractivity contribution in [2.75, 3.05) is 26.2 Å². The molecule has 0 radical (unpaired) electrons. The van der Waals surface area contributed by atoms with E-state index in [0.717, 1.165) is 12.1 Å². The Morgan fingerprint density at radius 1 is 1.25 bits per heavy atom. The van der Waals surface area contributed by atoms with E-state index in [1.165, 1.54) is 0 Å². The Labute approximate surface area is 137 Å². The first kappa shape index (κ1) is 18.7. The number of aliphatic hydroxyl groups is 1. The summed E-state index contributed by atoms with van der Waals surface area (Å²) < 4.78 is 51.3. The highest BCUT2D eigenvalue weighted by Crippen LogP contribution is 2.30. The number of benzene rings is 1. The van der Waals surface area contributed by atoms with Gasteiger partial charge in [0.15, 0.2) is 0 Å². The highest BCUT2D eigenvalue weighted by molar-refractivity contribution is 5.78. The van der Waals surface area contributed by atoms with Gasteiger partial charge in [0.2, 0.25) is 5.91 Å². The minimum atomic E-state index is -4.62. The summed E-state index contributed by atoms with van der Waals surface area (Å²) in [6.45, 7) is 1.88. The van der Waals surface area contributed by atoms with Crippen LogP contribution in [0, 0.1) is 11.7 Å². The third-order valence-electron chi connectivity index (χ3n) is 4.13. The van der Waals surface area contributed by atoms with Crippen molar-refractivity contribution >= 4 is 5.91 Å². The Morgan fingerprint density at radius 2 is 1.92 bits per heavy atom. The lowest BCUT2D eigenvalue weighted by Crippen LogP contribution is -2.41. The third kappa shape index (κ3) is 5.17. The van der Waals surface area contributed by atoms with Crippen LogP contribution in [0.5, 0.6) is 0 Å². The van der Waals surface area contributed by atoms with Crippen molar-refractivity contribution in [3.8, 4) is 0 Å². The molecule has 2 N–H and O–H groups in total. The molecule has 1 fully saturated rings. The molecule has 24 heavy (non-hydrogen) atoms. The average molecular weight is 348 g/mol. The Morgan fingerprint density at radius 3 is 2.50 bits per heavy atom. The number of nitrogens with zero attached hydrogens (tertiary/aromatic N) is 1. The standard InChI is InChI=1S/C16H20F4N2O2/c17-14-8-11(7-13(9-14)16(18,19)20)10-21-15(24)12-1-3-22(4-2-12)5-6-23/h7-9,12,23H,1-6,10H2,(H,21,24). The third-order valence-corrected chi connectivity index (χ3v) is 4.13. The summed E-state index contributed by atoms with van der Waals surface area (Å²) in [4.78, 5) is 14.2. The summed E-state index contributed by atoms with van der Waals surface area (Å²) in [5, 5.41) is 11.5. The van der Waals surface area contributed by atoms with Crippen LogP contribution in [0.2, 0.25) is 0 Å². The molecule has 0 atom stereocenters. The molecule has 0 aromatic heterocycles. The zero-order valence-corrected chi connectivity index (χ0v) is 13.1. The topological polar surface area (TPSA) is 52.6 Å². The fourth-order valence-electron chi connectivity index (χ4n) is 2.81. The Hall–Kier alpha value is -1.67. The number of rotatable bonds is 5. The maximum Gasteiger partial charge on any atom is 0.416 e. The maximum absolute atomic E-state index is 13.3. The quantitative estimate of drug-likeness (QED) is 0.802. The number of piperidine rings is 1. The molecule has 0 unspecified atom stereocenters. The number of aliphatic hydroxyl groups excluding tert-OH is 1. The summed E-state index contributed by atoms with van der Waals surface area (Å²) >= 11 is 0. The van der Waals surface area contributed by atoms with Crippen LogP contribution >= 0.6 is 0 Å². The van der Waals surface area contributed by atoms with Crippen LogP contribution < -0.4 is 5.32 Å². The number of amides is 1. The summed E-state index contributed by atoms with van der Waals surface area (Å²) in [5.74, 6) is -1.43. The number of carbonyl (C=O) groups excluding carboxylic acids is 1. The van der Waals surface area contributed by atoms with Gasteiger partial charge < -0.3 is 15.3 Å². The number of carbonyl (C=O) groups is 1. The molecular weight excluding hydrogens is 328 g/mol. The van der Waals surface area contributed by atoms with Crippen molar-refractivity contribution in [1.29, 1.82) is 0 Å². The van der Waals surface area contributed by atoms with E-state index in [2.05, 4.69) is 5.32 Å². The zero-order valence-electron chi connectivity index (χ0n) is 13.1. The monoisotopic (exact) mass is 348 g/mol. The van der Waals surface area contributed by atoms with Crippen LogP contribution in [0.3, 0.4) is 0 Å². The van der Waals surface area contributed by atoms with Crippen molar-refractivity contribution in [3.05, 3.63) is 35.1 Å². The van der Waals surface area contributed by atoms with Crippen molar-refractivity contribution < 1.29 is 27.5 Å². The molecule has 4 nitrogen and oxygen atoms in total. The van der Waals surface area contributed by atoms with Crippen LogP contribution in [-0.2, 0) is 17.5 Å². The molecule has 1 aromatic rings. The van der Waals surface area contributed by atoms with E-state index in [4.69, 9.17) is 5.11 Å². The van der Waals surface area contributed by atoms with Gasteiger partial charge in [-0.1, -0.05) is 0 Å². The molecule has 1 aromatic carbocycles. The molecule has 1 heterocycles. The number of halogens is 4. The minimum absolute atomic E-state index is 0.0674. The van der Waals surface area contributed by atoms with Gasteiger partial charge in [-0.05, 0) is 49.7 Å². The molecular formula is C16H20F4N2O2. The van der Waals surface area contributed by atoms with Crippen molar-refractivity contribution in [3.63, 3.8) is 0 Å². The van der Waals surface area contributed by atoms with Gasteiger partial charge in [-0.15, -0.1) is 0 Å². The maximum atomic E-state index is 13.3. The van der Waals surface area contributed by atoms with E-state index in [1.54, 1.807) is 0 Å². The number of hydrogen-bond acceptors (Lipinski definition) is 3. The number of likely N-dealkylation sites (tertiary alicyclic amines) is 1. The number of hydrogen-bond donors (Lipinski definition) is 2. The summed E-state index contributed by atoms with van der Waals surface area (Å²) in [6, 6.07) is 2.26. The predicted octanol–water partition coefficient (Wildman–Crippen LogP) is 2.17. The summed E-state index contributed by atoms with van der Waals surface area (Å²) in [5.41, 5.74) is -0.988. The molecule has 1 aliphatic heterocycles. The molecule has 8 heteroatoms. The van der Waals surface area contributed by atoms with Gasteiger partial charge in [-0.25, -0.2) is 4.39 Å². The second-order valence-electron chi connectivity index (χ2n) is 5.90. The largest absolute Gasteiger partial charge is 0.416 e. The molecule has 0 bridgehead atoms. The second-order valence-corrected chi connectivity index (χ2v) is 5.90. The second kappa shape index (κ2) is 7.94. The van der Waals surface area contributed by atoms with Gasteiger partial charge in [0, 0.05) is 19.0 Å². The molecule has 134 valence electrons.